The Morgan fingerprint density at radius 3 is 2.39 bits per heavy atom. The third-order valence-electron chi connectivity index (χ3n) is 3.73. The molecule has 0 bridgehead atoms. The molecule has 0 aliphatic rings. The highest BCUT2D eigenvalue weighted by Gasteiger charge is 2.10. The van der Waals surface area contributed by atoms with Gasteiger partial charge in [-0.15, -0.1) is 0 Å². The molecule has 2 amide bonds. The van der Waals surface area contributed by atoms with E-state index in [-0.39, 0.29) is 6.03 Å². The second-order valence-corrected chi connectivity index (χ2v) is 6.04. The van der Waals surface area contributed by atoms with E-state index in [9.17, 15) is 4.79 Å². The molecule has 2 aromatic rings. The Kier molecular flexibility index (Phi) is 5.58. The van der Waals surface area contributed by atoms with E-state index >= 15 is 0 Å². The fraction of sp³-hybridized carbons (Fsp3) is 0.250. The predicted octanol–water partition coefficient (Wildman–Crippen LogP) is 5.22. The van der Waals surface area contributed by atoms with Crippen LogP contribution in [0, 0.1) is 13.8 Å². The van der Waals surface area contributed by atoms with Crippen molar-refractivity contribution in [1.29, 1.82) is 0 Å². The van der Waals surface area contributed by atoms with Gasteiger partial charge in [0.15, 0.2) is 0 Å². The Hall–Kier alpha value is -2.55. The first-order valence-electron chi connectivity index (χ1n) is 7.87. The summed E-state index contributed by atoms with van der Waals surface area (Å²) < 4.78 is 0. The first kappa shape index (κ1) is 16.8. The van der Waals surface area contributed by atoms with Crippen molar-refractivity contribution in [3.63, 3.8) is 0 Å². The van der Waals surface area contributed by atoms with Crippen molar-refractivity contribution >= 4 is 17.8 Å². The average molecular weight is 308 g/mol. The fourth-order valence-electron chi connectivity index (χ4n) is 2.38. The zero-order valence-electron chi connectivity index (χ0n) is 14.2. The molecule has 0 heterocycles. The number of carbonyl (C=O) groups is 1. The molecule has 0 atom stereocenters. The summed E-state index contributed by atoms with van der Waals surface area (Å²) in [6.45, 7) is 8.29. The summed E-state index contributed by atoms with van der Waals surface area (Å²) in [4.78, 5) is 12.1. The molecular formula is C20H24N2O. The SMILES string of the molecule is Cc1ccc(/C=C/NC(=O)Nc2c(C)cccc2C(C)C)cc1. The maximum absolute atomic E-state index is 12.1. The average Bonchev–Trinajstić information content (AvgIpc) is 2.51. The minimum Gasteiger partial charge on any atom is -0.314 e. The number of carbonyl (C=O) groups excluding carboxylic acids is 1. The van der Waals surface area contributed by atoms with Crippen LogP contribution < -0.4 is 10.6 Å². The van der Waals surface area contributed by atoms with Gasteiger partial charge in [0.05, 0.1) is 0 Å². The van der Waals surface area contributed by atoms with E-state index in [1.165, 1.54) is 5.56 Å². The van der Waals surface area contributed by atoms with Gasteiger partial charge in [-0.2, -0.15) is 0 Å². The Bertz CT molecular complexity index is 700. The van der Waals surface area contributed by atoms with Gasteiger partial charge < -0.3 is 10.6 Å². The highest BCUT2D eigenvalue weighted by atomic mass is 16.2. The number of aryl methyl sites for hydroxylation is 2. The Morgan fingerprint density at radius 2 is 1.74 bits per heavy atom. The number of hydrogen-bond donors (Lipinski definition) is 2. The van der Waals surface area contributed by atoms with Crippen LogP contribution >= 0.6 is 0 Å². The van der Waals surface area contributed by atoms with Crippen molar-refractivity contribution < 1.29 is 4.79 Å². The van der Waals surface area contributed by atoms with Crippen molar-refractivity contribution in [2.45, 2.75) is 33.6 Å². The molecule has 0 aromatic heterocycles. The van der Waals surface area contributed by atoms with E-state index in [4.69, 9.17) is 0 Å². The highest BCUT2D eigenvalue weighted by Crippen LogP contribution is 2.27. The largest absolute Gasteiger partial charge is 0.323 e. The third kappa shape index (κ3) is 4.71. The zero-order valence-corrected chi connectivity index (χ0v) is 14.2. The summed E-state index contributed by atoms with van der Waals surface area (Å²) in [7, 11) is 0. The van der Waals surface area contributed by atoms with E-state index < -0.39 is 0 Å². The van der Waals surface area contributed by atoms with Gasteiger partial charge in [0.1, 0.15) is 0 Å². The lowest BCUT2D eigenvalue weighted by atomic mass is 9.98. The standard InChI is InChI=1S/C20H24N2O/c1-14(2)18-7-5-6-16(4)19(18)22-20(23)21-13-12-17-10-8-15(3)9-11-17/h5-14H,1-4H3,(H2,21,22,23)/b13-12+. The van der Waals surface area contributed by atoms with Crippen LogP contribution in [0.4, 0.5) is 10.5 Å². The first-order valence-corrected chi connectivity index (χ1v) is 7.87. The van der Waals surface area contributed by atoms with E-state index in [0.717, 1.165) is 22.4 Å². The monoisotopic (exact) mass is 308 g/mol. The molecule has 3 nitrogen and oxygen atoms in total. The maximum Gasteiger partial charge on any atom is 0.323 e. The van der Waals surface area contributed by atoms with Gasteiger partial charge in [-0.3, -0.25) is 0 Å². The van der Waals surface area contributed by atoms with Crippen molar-refractivity contribution in [3.8, 4) is 0 Å². The first-order chi connectivity index (χ1) is 11.0. The summed E-state index contributed by atoms with van der Waals surface area (Å²) in [6, 6.07) is 14.0. The van der Waals surface area contributed by atoms with Crippen LogP contribution in [0.25, 0.3) is 6.08 Å². The summed E-state index contributed by atoms with van der Waals surface area (Å²) in [5.74, 6) is 0.355. The van der Waals surface area contributed by atoms with Gasteiger partial charge >= 0.3 is 6.03 Å². The van der Waals surface area contributed by atoms with Crippen LogP contribution in [-0.4, -0.2) is 6.03 Å². The summed E-state index contributed by atoms with van der Waals surface area (Å²) >= 11 is 0. The van der Waals surface area contributed by atoms with Crippen LogP contribution in [0.2, 0.25) is 0 Å². The van der Waals surface area contributed by atoms with Crippen molar-refractivity contribution in [2.75, 3.05) is 5.32 Å². The Labute approximate surface area is 138 Å². The van der Waals surface area contributed by atoms with Crippen LogP contribution in [0.5, 0.6) is 0 Å². The fourth-order valence-corrected chi connectivity index (χ4v) is 2.38. The lowest BCUT2D eigenvalue weighted by Gasteiger charge is -2.16. The second kappa shape index (κ2) is 7.63. The van der Waals surface area contributed by atoms with Gasteiger partial charge in [-0.1, -0.05) is 61.9 Å². The van der Waals surface area contributed by atoms with E-state index in [1.807, 2.05) is 56.3 Å². The van der Waals surface area contributed by atoms with Crippen LogP contribution in [0.3, 0.4) is 0 Å². The molecule has 3 heteroatoms. The van der Waals surface area contributed by atoms with Crippen LogP contribution in [0.1, 0.15) is 42.0 Å². The van der Waals surface area contributed by atoms with Gasteiger partial charge in [0.25, 0.3) is 0 Å². The van der Waals surface area contributed by atoms with Gasteiger partial charge in [-0.05, 0) is 42.5 Å². The molecule has 120 valence electrons. The van der Waals surface area contributed by atoms with E-state index in [2.05, 4.69) is 30.5 Å². The number of nitrogens with one attached hydrogen (secondary N) is 2. The topological polar surface area (TPSA) is 41.1 Å². The molecule has 0 aliphatic carbocycles. The van der Waals surface area contributed by atoms with Crippen molar-refractivity contribution in [2.24, 2.45) is 0 Å². The van der Waals surface area contributed by atoms with Crippen LogP contribution in [0.15, 0.2) is 48.7 Å². The molecule has 0 saturated heterocycles. The molecule has 2 rings (SSSR count). The molecule has 0 fully saturated rings. The molecule has 0 unspecified atom stereocenters. The molecule has 23 heavy (non-hydrogen) atoms. The number of amides is 2. The molecule has 2 N–H and O–H groups in total. The minimum absolute atomic E-state index is 0.232. The molecule has 2 aromatic carbocycles. The number of para-hydroxylation sites is 1. The zero-order chi connectivity index (χ0) is 16.8. The number of anilines is 1. The number of rotatable bonds is 4. The molecule has 0 spiro atoms. The Balaban J connectivity index is 2.01. The second-order valence-electron chi connectivity index (χ2n) is 6.04. The lowest BCUT2D eigenvalue weighted by Crippen LogP contribution is -2.25. The maximum atomic E-state index is 12.1. The van der Waals surface area contributed by atoms with E-state index in [0.29, 0.717) is 5.92 Å². The van der Waals surface area contributed by atoms with Gasteiger partial charge in [0, 0.05) is 11.9 Å². The minimum atomic E-state index is -0.232. The molecule has 0 aliphatic heterocycles. The normalized spacial score (nSPS) is 11.0. The molecule has 0 radical (unpaired) electrons. The third-order valence-corrected chi connectivity index (χ3v) is 3.73. The molecule has 0 saturated carbocycles. The smallest absolute Gasteiger partial charge is 0.314 e. The quantitative estimate of drug-likeness (QED) is 0.799. The summed E-state index contributed by atoms with van der Waals surface area (Å²) in [5, 5.41) is 5.71. The number of hydrogen-bond acceptors (Lipinski definition) is 1. The summed E-state index contributed by atoms with van der Waals surface area (Å²) in [6.07, 6.45) is 3.54. The van der Waals surface area contributed by atoms with Crippen molar-refractivity contribution in [1.82, 2.24) is 5.32 Å². The van der Waals surface area contributed by atoms with Crippen LogP contribution in [-0.2, 0) is 0 Å². The number of benzene rings is 2. The lowest BCUT2D eigenvalue weighted by molar-refractivity contribution is 0.255. The van der Waals surface area contributed by atoms with Gasteiger partial charge in [0.2, 0.25) is 0 Å². The van der Waals surface area contributed by atoms with Gasteiger partial charge in [-0.25, -0.2) is 4.79 Å². The van der Waals surface area contributed by atoms with E-state index in [1.54, 1.807) is 6.20 Å². The van der Waals surface area contributed by atoms with Crippen molar-refractivity contribution in [3.05, 3.63) is 70.9 Å². The molecular weight excluding hydrogens is 284 g/mol. The Morgan fingerprint density at radius 1 is 1.04 bits per heavy atom. The summed E-state index contributed by atoms with van der Waals surface area (Å²) in [5.41, 5.74) is 5.36. The highest BCUT2D eigenvalue weighted by molar-refractivity contribution is 5.92. The predicted molar refractivity (Wildman–Crippen MR) is 97.6 cm³/mol. The number of urea groups is 1.